The number of rotatable bonds is 5. The summed E-state index contributed by atoms with van der Waals surface area (Å²) in [4.78, 5) is 17.3. The average Bonchev–Trinajstić information content (AvgIpc) is 3.34. The number of benzene rings is 2. The lowest BCUT2D eigenvalue weighted by atomic mass is 10.1. The van der Waals surface area contributed by atoms with Crippen LogP contribution >= 0.6 is 0 Å². The maximum atomic E-state index is 13.6. The first kappa shape index (κ1) is 21.1. The molecule has 3 heterocycles. The molecule has 5 rings (SSSR count). The lowest BCUT2D eigenvalue weighted by molar-refractivity contribution is 0.0418. The highest BCUT2D eigenvalue weighted by molar-refractivity contribution is 5.84. The highest BCUT2D eigenvalue weighted by Crippen LogP contribution is 2.25. The van der Waals surface area contributed by atoms with Crippen molar-refractivity contribution in [1.82, 2.24) is 29.8 Å². The number of aromatic nitrogens is 4. The molecule has 33 heavy (non-hydrogen) atoms. The zero-order valence-corrected chi connectivity index (χ0v) is 18.8. The molecule has 0 saturated carbocycles. The van der Waals surface area contributed by atoms with Crippen LogP contribution in [0.15, 0.2) is 48.5 Å². The summed E-state index contributed by atoms with van der Waals surface area (Å²) in [7, 11) is 1.64. The fourth-order valence-corrected chi connectivity index (χ4v) is 4.29. The first-order valence-electron chi connectivity index (χ1n) is 11.0. The Morgan fingerprint density at radius 3 is 2.70 bits per heavy atom. The van der Waals surface area contributed by atoms with Crippen LogP contribution in [0, 0.1) is 6.92 Å². The second-order valence-corrected chi connectivity index (χ2v) is 8.20. The van der Waals surface area contributed by atoms with Gasteiger partial charge in [0.05, 0.1) is 38.9 Å². The SMILES string of the molecule is COc1ccccc1CN(Cc1cc2cc(C)ccc2n2nnnc12)C(=O)N1CCOCC1. The smallest absolute Gasteiger partial charge is 0.320 e. The maximum Gasteiger partial charge on any atom is 0.320 e. The van der Waals surface area contributed by atoms with Crippen molar-refractivity contribution in [2.75, 3.05) is 33.4 Å². The molecule has 0 atom stereocenters. The Kier molecular flexibility index (Phi) is 5.78. The second-order valence-electron chi connectivity index (χ2n) is 8.20. The number of pyridine rings is 1. The van der Waals surface area contributed by atoms with Gasteiger partial charge in [0.15, 0.2) is 5.65 Å². The summed E-state index contributed by atoms with van der Waals surface area (Å²) in [6.07, 6.45) is 0. The van der Waals surface area contributed by atoms with Crippen LogP contribution in [0.2, 0.25) is 0 Å². The summed E-state index contributed by atoms with van der Waals surface area (Å²) in [5, 5.41) is 13.4. The molecule has 9 nitrogen and oxygen atoms in total. The standard InChI is InChI=1S/C24H26N6O3/c1-17-7-8-21-19(13-17)14-20(23-25-26-27-30(21)23)16-29(24(31)28-9-11-33-12-10-28)15-18-5-3-4-6-22(18)32-2/h3-8,13-14H,9-12,15-16H2,1-2H3. The number of urea groups is 1. The largest absolute Gasteiger partial charge is 0.496 e. The fourth-order valence-electron chi connectivity index (χ4n) is 4.29. The van der Waals surface area contributed by atoms with Gasteiger partial charge in [-0.25, -0.2) is 4.79 Å². The van der Waals surface area contributed by atoms with E-state index in [9.17, 15) is 4.79 Å². The zero-order valence-electron chi connectivity index (χ0n) is 18.8. The molecule has 1 aliphatic heterocycles. The van der Waals surface area contributed by atoms with Crippen molar-refractivity contribution in [3.05, 3.63) is 65.2 Å². The van der Waals surface area contributed by atoms with Crippen LogP contribution in [0.25, 0.3) is 16.6 Å². The number of tetrazole rings is 1. The van der Waals surface area contributed by atoms with Gasteiger partial charge in [-0.15, -0.1) is 5.10 Å². The summed E-state index contributed by atoms with van der Waals surface area (Å²) in [5.41, 5.74) is 4.55. The number of carbonyl (C=O) groups is 1. The number of ether oxygens (including phenoxy) is 2. The fraction of sp³-hybridized carbons (Fsp3) is 0.333. The van der Waals surface area contributed by atoms with E-state index in [2.05, 4.69) is 34.6 Å². The minimum atomic E-state index is -0.0424. The predicted octanol–water partition coefficient (Wildman–Crippen LogP) is 3.05. The quantitative estimate of drug-likeness (QED) is 0.469. The van der Waals surface area contributed by atoms with E-state index in [1.807, 2.05) is 46.2 Å². The monoisotopic (exact) mass is 446 g/mol. The molecule has 4 aromatic rings. The number of aryl methyl sites for hydroxylation is 1. The number of para-hydroxylation sites is 1. The third kappa shape index (κ3) is 4.19. The van der Waals surface area contributed by atoms with E-state index in [1.165, 1.54) is 0 Å². The highest BCUT2D eigenvalue weighted by Gasteiger charge is 2.25. The molecule has 0 aliphatic carbocycles. The van der Waals surface area contributed by atoms with Gasteiger partial charge in [-0.2, -0.15) is 4.52 Å². The molecule has 2 aromatic carbocycles. The number of hydrogen-bond donors (Lipinski definition) is 0. The van der Waals surface area contributed by atoms with Crippen LogP contribution in [0.1, 0.15) is 16.7 Å². The number of methoxy groups -OCH3 is 1. The van der Waals surface area contributed by atoms with Gasteiger partial charge in [0, 0.05) is 29.6 Å². The van der Waals surface area contributed by atoms with Gasteiger partial charge in [-0.05, 0) is 41.6 Å². The Balaban J connectivity index is 1.55. The van der Waals surface area contributed by atoms with Crippen molar-refractivity contribution in [1.29, 1.82) is 0 Å². The third-order valence-electron chi connectivity index (χ3n) is 5.96. The molecular weight excluding hydrogens is 420 g/mol. The molecule has 0 radical (unpaired) electrons. The topological polar surface area (TPSA) is 85.1 Å². The Bertz CT molecular complexity index is 1300. The lowest BCUT2D eigenvalue weighted by Crippen LogP contribution is -2.47. The summed E-state index contributed by atoms with van der Waals surface area (Å²) in [6, 6.07) is 16.0. The lowest BCUT2D eigenvalue weighted by Gasteiger charge is -2.33. The van der Waals surface area contributed by atoms with Crippen LogP contribution in [-0.2, 0) is 17.8 Å². The number of morpholine rings is 1. The summed E-state index contributed by atoms with van der Waals surface area (Å²) in [5.74, 6) is 0.751. The van der Waals surface area contributed by atoms with Crippen LogP contribution in [0.5, 0.6) is 5.75 Å². The van der Waals surface area contributed by atoms with E-state index in [4.69, 9.17) is 9.47 Å². The van der Waals surface area contributed by atoms with Gasteiger partial charge >= 0.3 is 6.03 Å². The molecule has 0 bridgehead atoms. The highest BCUT2D eigenvalue weighted by atomic mass is 16.5. The van der Waals surface area contributed by atoms with E-state index in [0.717, 1.165) is 33.3 Å². The van der Waals surface area contributed by atoms with Crippen molar-refractivity contribution >= 4 is 22.6 Å². The number of nitrogens with zero attached hydrogens (tertiary/aromatic N) is 6. The molecule has 0 N–H and O–H groups in total. The minimum Gasteiger partial charge on any atom is -0.496 e. The van der Waals surface area contributed by atoms with E-state index < -0.39 is 0 Å². The van der Waals surface area contributed by atoms with Gasteiger partial charge in [0.25, 0.3) is 0 Å². The molecular formula is C24H26N6O3. The Morgan fingerprint density at radius 1 is 1.09 bits per heavy atom. The van der Waals surface area contributed by atoms with Gasteiger partial charge < -0.3 is 19.3 Å². The molecule has 2 amide bonds. The number of amides is 2. The van der Waals surface area contributed by atoms with Gasteiger partial charge in [-0.1, -0.05) is 29.8 Å². The zero-order chi connectivity index (χ0) is 22.8. The molecule has 2 aromatic heterocycles. The van der Waals surface area contributed by atoms with Crippen molar-refractivity contribution < 1.29 is 14.3 Å². The van der Waals surface area contributed by atoms with Gasteiger partial charge in [-0.3, -0.25) is 0 Å². The summed E-state index contributed by atoms with van der Waals surface area (Å²) in [6.45, 7) is 5.05. The van der Waals surface area contributed by atoms with Crippen molar-refractivity contribution in [2.24, 2.45) is 0 Å². The van der Waals surface area contributed by atoms with Crippen LogP contribution < -0.4 is 4.74 Å². The van der Waals surface area contributed by atoms with E-state index in [0.29, 0.717) is 45.0 Å². The first-order valence-corrected chi connectivity index (χ1v) is 11.0. The second kappa shape index (κ2) is 9.03. The first-order chi connectivity index (χ1) is 16.1. The van der Waals surface area contributed by atoms with Crippen LogP contribution in [0.4, 0.5) is 4.79 Å². The van der Waals surface area contributed by atoms with E-state index in [-0.39, 0.29) is 6.03 Å². The average molecular weight is 447 g/mol. The van der Waals surface area contributed by atoms with E-state index >= 15 is 0 Å². The number of fused-ring (bicyclic) bond motifs is 3. The predicted molar refractivity (Wildman–Crippen MR) is 123 cm³/mol. The molecule has 0 spiro atoms. The van der Waals surface area contributed by atoms with Crippen LogP contribution in [-0.4, -0.2) is 69.3 Å². The maximum absolute atomic E-state index is 13.6. The number of hydrogen-bond acceptors (Lipinski definition) is 6. The van der Waals surface area contributed by atoms with Crippen molar-refractivity contribution in [3.8, 4) is 5.75 Å². The molecule has 170 valence electrons. The Labute approximate surface area is 191 Å². The molecule has 9 heteroatoms. The molecule has 0 unspecified atom stereocenters. The minimum absolute atomic E-state index is 0.0424. The van der Waals surface area contributed by atoms with Crippen molar-refractivity contribution in [2.45, 2.75) is 20.0 Å². The summed E-state index contributed by atoms with van der Waals surface area (Å²) >= 11 is 0. The van der Waals surface area contributed by atoms with Gasteiger partial charge in [0.1, 0.15) is 5.75 Å². The molecule has 1 fully saturated rings. The third-order valence-corrected chi connectivity index (χ3v) is 5.96. The Morgan fingerprint density at radius 2 is 1.88 bits per heavy atom. The van der Waals surface area contributed by atoms with Crippen molar-refractivity contribution in [3.63, 3.8) is 0 Å². The van der Waals surface area contributed by atoms with E-state index in [1.54, 1.807) is 11.6 Å². The molecule has 1 saturated heterocycles. The molecule has 1 aliphatic rings. The number of carbonyl (C=O) groups excluding carboxylic acids is 1. The van der Waals surface area contributed by atoms with Gasteiger partial charge in [0.2, 0.25) is 0 Å². The Hall–Kier alpha value is -3.72. The van der Waals surface area contributed by atoms with Crippen LogP contribution in [0.3, 0.4) is 0 Å². The normalized spacial score (nSPS) is 14.1. The summed E-state index contributed by atoms with van der Waals surface area (Å²) < 4.78 is 12.7.